The van der Waals surface area contributed by atoms with Crippen molar-refractivity contribution in [3.63, 3.8) is 0 Å². The SMILES string of the molecule is CC(C)S(=O)(=O)CCC1CCCC1CNC1CC1. The average Bonchev–Trinajstić information content (AvgIpc) is 3.03. The first kappa shape index (κ1) is 14.3. The maximum atomic E-state index is 11.9. The van der Waals surface area contributed by atoms with E-state index >= 15 is 0 Å². The molecule has 0 saturated heterocycles. The fourth-order valence-corrected chi connectivity index (χ4v) is 4.02. The molecule has 0 bridgehead atoms. The van der Waals surface area contributed by atoms with E-state index < -0.39 is 9.84 Å². The highest BCUT2D eigenvalue weighted by molar-refractivity contribution is 7.91. The molecule has 2 atom stereocenters. The molecule has 0 amide bonds. The summed E-state index contributed by atoms with van der Waals surface area (Å²) in [5, 5.41) is 3.38. The minimum Gasteiger partial charge on any atom is -0.314 e. The zero-order valence-electron chi connectivity index (χ0n) is 11.7. The van der Waals surface area contributed by atoms with Crippen LogP contribution in [0.25, 0.3) is 0 Å². The van der Waals surface area contributed by atoms with Gasteiger partial charge in [0.15, 0.2) is 9.84 Å². The van der Waals surface area contributed by atoms with Gasteiger partial charge >= 0.3 is 0 Å². The first-order chi connectivity index (χ1) is 8.49. The third kappa shape index (κ3) is 3.95. The van der Waals surface area contributed by atoms with Gasteiger partial charge < -0.3 is 5.32 Å². The summed E-state index contributed by atoms with van der Waals surface area (Å²) in [6.07, 6.45) is 7.33. The molecule has 0 aromatic rings. The average molecular weight is 273 g/mol. The van der Waals surface area contributed by atoms with Crippen molar-refractivity contribution in [2.45, 2.75) is 63.7 Å². The second kappa shape index (κ2) is 5.91. The van der Waals surface area contributed by atoms with Gasteiger partial charge in [0.05, 0.1) is 11.0 Å². The minimum absolute atomic E-state index is 0.220. The van der Waals surface area contributed by atoms with Crippen LogP contribution in [-0.4, -0.2) is 32.0 Å². The Balaban J connectivity index is 1.76. The van der Waals surface area contributed by atoms with Crippen molar-refractivity contribution < 1.29 is 8.42 Å². The summed E-state index contributed by atoms with van der Waals surface area (Å²) in [4.78, 5) is 0. The van der Waals surface area contributed by atoms with E-state index in [1.165, 1.54) is 32.1 Å². The van der Waals surface area contributed by atoms with Gasteiger partial charge in [0.2, 0.25) is 0 Å². The highest BCUT2D eigenvalue weighted by atomic mass is 32.2. The van der Waals surface area contributed by atoms with Gasteiger partial charge in [-0.15, -0.1) is 0 Å². The summed E-state index contributed by atoms with van der Waals surface area (Å²) in [7, 11) is -2.85. The first-order valence-corrected chi connectivity index (χ1v) is 9.15. The Labute approximate surface area is 112 Å². The monoisotopic (exact) mass is 273 g/mol. The number of rotatable bonds is 7. The lowest BCUT2D eigenvalue weighted by molar-refractivity contribution is 0.357. The highest BCUT2D eigenvalue weighted by Gasteiger charge is 2.30. The smallest absolute Gasteiger partial charge is 0.152 e. The number of hydrogen-bond acceptors (Lipinski definition) is 3. The third-order valence-electron chi connectivity index (χ3n) is 4.55. The molecule has 2 unspecified atom stereocenters. The Hall–Kier alpha value is -0.0900. The molecule has 2 fully saturated rings. The van der Waals surface area contributed by atoms with Crippen LogP contribution in [0.1, 0.15) is 52.4 Å². The van der Waals surface area contributed by atoms with Gasteiger partial charge in [-0.2, -0.15) is 0 Å². The molecular formula is C14H27NO2S. The topological polar surface area (TPSA) is 46.2 Å². The standard InChI is InChI=1S/C14H27NO2S/c1-11(2)18(16,17)9-8-12-4-3-5-13(12)10-15-14-6-7-14/h11-15H,3-10H2,1-2H3. The number of nitrogens with one attached hydrogen (secondary N) is 1. The van der Waals surface area contributed by atoms with Crippen molar-refractivity contribution >= 4 is 9.84 Å². The second-order valence-corrected chi connectivity index (χ2v) is 9.01. The Morgan fingerprint density at radius 1 is 1.11 bits per heavy atom. The summed E-state index contributed by atoms with van der Waals surface area (Å²) in [6, 6.07) is 0.769. The molecule has 0 radical (unpaired) electrons. The molecule has 3 nitrogen and oxygen atoms in total. The van der Waals surface area contributed by atoms with Gasteiger partial charge in [0.25, 0.3) is 0 Å². The Bertz CT molecular complexity index is 360. The molecule has 0 aromatic carbocycles. The van der Waals surface area contributed by atoms with Gasteiger partial charge in [-0.05, 0) is 57.9 Å². The second-order valence-electron chi connectivity index (χ2n) is 6.34. The zero-order valence-corrected chi connectivity index (χ0v) is 12.5. The van der Waals surface area contributed by atoms with Crippen LogP contribution >= 0.6 is 0 Å². The van der Waals surface area contributed by atoms with Crippen molar-refractivity contribution in [1.29, 1.82) is 0 Å². The summed E-state index contributed by atoms with van der Waals surface area (Å²) in [5.74, 6) is 1.73. The van der Waals surface area contributed by atoms with Crippen molar-refractivity contribution in [2.24, 2.45) is 11.8 Å². The maximum Gasteiger partial charge on any atom is 0.152 e. The van der Waals surface area contributed by atoms with Crippen LogP contribution in [0.15, 0.2) is 0 Å². The summed E-state index contributed by atoms with van der Waals surface area (Å²) in [5.41, 5.74) is 0. The molecule has 4 heteroatoms. The third-order valence-corrected chi connectivity index (χ3v) is 6.80. The first-order valence-electron chi connectivity index (χ1n) is 7.44. The van der Waals surface area contributed by atoms with Gasteiger partial charge in [-0.1, -0.05) is 12.8 Å². The van der Waals surface area contributed by atoms with Crippen LogP contribution in [0.4, 0.5) is 0 Å². The van der Waals surface area contributed by atoms with E-state index in [0.717, 1.165) is 19.0 Å². The molecular weight excluding hydrogens is 246 g/mol. The molecule has 2 aliphatic carbocycles. The lowest BCUT2D eigenvalue weighted by Crippen LogP contribution is -2.28. The van der Waals surface area contributed by atoms with E-state index in [0.29, 0.717) is 17.6 Å². The molecule has 2 saturated carbocycles. The molecule has 18 heavy (non-hydrogen) atoms. The molecule has 106 valence electrons. The fraction of sp³-hybridized carbons (Fsp3) is 1.00. The van der Waals surface area contributed by atoms with Crippen molar-refractivity contribution in [1.82, 2.24) is 5.32 Å². The normalized spacial score (nSPS) is 29.1. The molecule has 0 heterocycles. The molecule has 2 rings (SSSR count). The van der Waals surface area contributed by atoms with Crippen LogP contribution in [0, 0.1) is 11.8 Å². The lowest BCUT2D eigenvalue weighted by atomic mass is 9.93. The summed E-state index contributed by atoms with van der Waals surface area (Å²) in [6.45, 7) is 4.68. The van der Waals surface area contributed by atoms with E-state index in [9.17, 15) is 8.42 Å². The van der Waals surface area contributed by atoms with Crippen LogP contribution in [0.5, 0.6) is 0 Å². The van der Waals surface area contributed by atoms with Gasteiger partial charge in [-0.25, -0.2) is 8.42 Å². The molecule has 0 aromatic heterocycles. The molecule has 0 aliphatic heterocycles. The van der Waals surface area contributed by atoms with E-state index in [-0.39, 0.29) is 5.25 Å². The van der Waals surface area contributed by atoms with E-state index in [1.807, 2.05) is 0 Å². The lowest BCUT2D eigenvalue weighted by Gasteiger charge is -2.20. The van der Waals surface area contributed by atoms with Gasteiger partial charge in [0, 0.05) is 6.04 Å². The fourth-order valence-electron chi connectivity index (χ4n) is 2.92. The Morgan fingerprint density at radius 3 is 2.39 bits per heavy atom. The molecule has 0 spiro atoms. The number of sulfone groups is 1. The van der Waals surface area contributed by atoms with Crippen LogP contribution in [-0.2, 0) is 9.84 Å². The van der Waals surface area contributed by atoms with Gasteiger partial charge in [-0.3, -0.25) is 0 Å². The largest absolute Gasteiger partial charge is 0.314 e. The Morgan fingerprint density at radius 2 is 1.78 bits per heavy atom. The van der Waals surface area contributed by atoms with Crippen molar-refractivity contribution in [3.05, 3.63) is 0 Å². The van der Waals surface area contributed by atoms with Gasteiger partial charge in [0.1, 0.15) is 0 Å². The predicted octanol–water partition coefficient (Wildman–Crippen LogP) is 2.37. The highest BCUT2D eigenvalue weighted by Crippen LogP contribution is 2.34. The van der Waals surface area contributed by atoms with Crippen molar-refractivity contribution in [3.8, 4) is 0 Å². The number of hydrogen-bond donors (Lipinski definition) is 1. The molecule has 1 N–H and O–H groups in total. The summed E-state index contributed by atoms with van der Waals surface area (Å²) < 4.78 is 23.7. The van der Waals surface area contributed by atoms with E-state index in [4.69, 9.17) is 0 Å². The van der Waals surface area contributed by atoms with Crippen LogP contribution < -0.4 is 5.32 Å². The zero-order chi connectivity index (χ0) is 13.2. The van der Waals surface area contributed by atoms with Crippen LogP contribution in [0.3, 0.4) is 0 Å². The quantitative estimate of drug-likeness (QED) is 0.774. The predicted molar refractivity (Wildman–Crippen MR) is 75.4 cm³/mol. The van der Waals surface area contributed by atoms with E-state index in [2.05, 4.69) is 5.32 Å². The van der Waals surface area contributed by atoms with Crippen LogP contribution in [0.2, 0.25) is 0 Å². The molecule has 2 aliphatic rings. The Kier molecular flexibility index (Phi) is 4.70. The maximum absolute atomic E-state index is 11.9. The summed E-state index contributed by atoms with van der Waals surface area (Å²) >= 11 is 0. The van der Waals surface area contributed by atoms with Crippen molar-refractivity contribution in [2.75, 3.05) is 12.3 Å². The minimum atomic E-state index is -2.85. The van der Waals surface area contributed by atoms with E-state index in [1.54, 1.807) is 13.8 Å².